The predicted octanol–water partition coefficient (Wildman–Crippen LogP) is 3.68. The van der Waals surface area contributed by atoms with E-state index in [1.54, 1.807) is 38.1 Å². The van der Waals surface area contributed by atoms with Crippen LogP contribution in [0, 0.1) is 20.8 Å². The normalized spacial score (nSPS) is 12.6. The van der Waals surface area contributed by atoms with Gasteiger partial charge in [0.2, 0.25) is 10.0 Å². The quantitative estimate of drug-likeness (QED) is 0.516. The number of aromatic hydroxyl groups is 1. The number of carbonyl (C=O) groups is 1. The lowest BCUT2D eigenvalue weighted by atomic mass is 10.0. The fraction of sp³-hybridized carbons (Fsp3) is 0.381. The molecule has 0 spiro atoms. The zero-order valence-corrected chi connectivity index (χ0v) is 17.5. The molecule has 0 aliphatic heterocycles. The molecule has 0 aliphatic rings. The van der Waals surface area contributed by atoms with Crippen molar-refractivity contribution in [2.75, 3.05) is 6.61 Å². The number of hydrogen-bond acceptors (Lipinski definition) is 5. The third kappa shape index (κ3) is 5.33. The lowest BCUT2D eigenvalue weighted by Crippen LogP contribution is -2.35. The van der Waals surface area contributed by atoms with Gasteiger partial charge in [0.05, 0.1) is 11.5 Å². The molecule has 2 N–H and O–H groups in total. The number of ether oxygens (including phenoxy) is 1. The van der Waals surface area contributed by atoms with Crippen molar-refractivity contribution in [2.24, 2.45) is 0 Å². The zero-order valence-electron chi connectivity index (χ0n) is 16.7. The maximum atomic E-state index is 12.8. The molecule has 2 aromatic rings. The summed E-state index contributed by atoms with van der Waals surface area (Å²) >= 11 is 0. The second-order valence-electron chi connectivity index (χ2n) is 6.89. The summed E-state index contributed by atoms with van der Waals surface area (Å²) in [5.74, 6) is -0.558. The Labute approximate surface area is 166 Å². The Balaban J connectivity index is 2.40. The first-order chi connectivity index (χ1) is 13.2. The van der Waals surface area contributed by atoms with Gasteiger partial charge in [-0.25, -0.2) is 13.2 Å². The summed E-state index contributed by atoms with van der Waals surface area (Å²) in [7, 11) is -3.95. The maximum absolute atomic E-state index is 12.8. The van der Waals surface area contributed by atoms with E-state index in [9.17, 15) is 18.3 Å². The van der Waals surface area contributed by atoms with E-state index < -0.39 is 22.0 Å². The highest BCUT2D eigenvalue weighted by Crippen LogP contribution is 2.28. The second-order valence-corrected chi connectivity index (χ2v) is 8.61. The highest BCUT2D eigenvalue weighted by molar-refractivity contribution is 7.89. The first-order valence-corrected chi connectivity index (χ1v) is 10.7. The van der Waals surface area contributed by atoms with Gasteiger partial charge in [0, 0.05) is 0 Å². The largest absolute Gasteiger partial charge is 0.507 e. The van der Waals surface area contributed by atoms with E-state index in [1.807, 2.05) is 13.8 Å². The van der Waals surface area contributed by atoms with E-state index in [4.69, 9.17) is 4.74 Å². The molecule has 0 aliphatic carbocycles. The Hall–Kier alpha value is -2.38. The summed E-state index contributed by atoms with van der Waals surface area (Å²) in [6, 6.07) is 8.34. The fourth-order valence-corrected chi connectivity index (χ4v) is 3.92. The van der Waals surface area contributed by atoms with Crippen LogP contribution in [0.4, 0.5) is 0 Å². The Bertz CT molecular complexity index is 913. The molecule has 0 fully saturated rings. The van der Waals surface area contributed by atoms with Crippen LogP contribution >= 0.6 is 0 Å². The summed E-state index contributed by atoms with van der Waals surface area (Å²) in [5, 5.41) is 10.0. The van der Waals surface area contributed by atoms with Gasteiger partial charge >= 0.3 is 5.97 Å². The molecule has 0 amide bonds. The van der Waals surface area contributed by atoms with Crippen LogP contribution in [0.2, 0.25) is 0 Å². The highest BCUT2D eigenvalue weighted by Gasteiger charge is 2.29. The number of nitrogens with one attached hydrogen (secondary N) is 1. The van der Waals surface area contributed by atoms with E-state index in [1.165, 1.54) is 12.1 Å². The van der Waals surface area contributed by atoms with Crippen LogP contribution in [0.1, 0.15) is 48.1 Å². The van der Waals surface area contributed by atoms with E-state index >= 15 is 0 Å². The van der Waals surface area contributed by atoms with Gasteiger partial charge in [0.1, 0.15) is 11.8 Å². The minimum absolute atomic E-state index is 0.0664. The molecule has 0 radical (unpaired) electrons. The van der Waals surface area contributed by atoms with Crippen molar-refractivity contribution in [3.05, 3.63) is 58.7 Å². The number of phenolic OH excluding ortho intramolecular Hbond substituents is 1. The number of rotatable bonds is 8. The number of phenols is 1. The zero-order chi connectivity index (χ0) is 20.9. The van der Waals surface area contributed by atoms with Crippen molar-refractivity contribution in [1.82, 2.24) is 4.72 Å². The number of aryl methyl sites for hydroxylation is 3. The number of carbonyl (C=O) groups excluding carboxylic acids is 1. The molecule has 0 bridgehead atoms. The van der Waals surface area contributed by atoms with Gasteiger partial charge in [-0.2, -0.15) is 4.72 Å². The smallest absolute Gasteiger partial charge is 0.328 e. The third-order valence-electron chi connectivity index (χ3n) is 4.43. The molecule has 6 nitrogen and oxygen atoms in total. The Kier molecular flexibility index (Phi) is 7.21. The van der Waals surface area contributed by atoms with Gasteiger partial charge in [-0.15, -0.1) is 0 Å². The lowest BCUT2D eigenvalue weighted by Gasteiger charge is -2.20. The molecule has 152 valence electrons. The minimum Gasteiger partial charge on any atom is -0.507 e. The first-order valence-electron chi connectivity index (χ1n) is 9.21. The highest BCUT2D eigenvalue weighted by atomic mass is 32.2. The average molecular weight is 406 g/mol. The van der Waals surface area contributed by atoms with Crippen molar-refractivity contribution >= 4 is 16.0 Å². The average Bonchev–Trinajstić information content (AvgIpc) is 2.64. The molecule has 0 heterocycles. The molecule has 7 heteroatoms. The maximum Gasteiger partial charge on any atom is 0.328 e. The van der Waals surface area contributed by atoms with E-state index in [2.05, 4.69) is 4.72 Å². The van der Waals surface area contributed by atoms with Crippen LogP contribution in [-0.2, 0) is 19.6 Å². The van der Waals surface area contributed by atoms with E-state index in [0.717, 1.165) is 12.0 Å². The number of unbranched alkanes of at least 4 members (excludes halogenated alkanes) is 1. The Morgan fingerprint density at radius 1 is 1.11 bits per heavy atom. The van der Waals surface area contributed by atoms with Crippen LogP contribution in [0.15, 0.2) is 41.3 Å². The van der Waals surface area contributed by atoms with Gasteiger partial charge in [0.25, 0.3) is 0 Å². The number of sulfonamides is 1. The van der Waals surface area contributed by atoms with Crippen LogP contribution in [0.3, 0.4) is 0 Å². The molecule has 28 heavy (non-hydrogen) atoms. The molecule has 2 aromatic carbocycles. The van der Waals surface area contributed by atoms with Crippen molar-refractivity contribution in [3.8, 4) is 5.75 Å². The summed E-state index contributed by atoms with van der Waals surface area (Å²) in [6.45, 7) is 7.44. The van der Waals surface area contributed by atoms with Crippen molar-refractivity contribution in [3.63, 3.8) is 0 Å². The molecule has 1 atom stereocenters. The fourth-order valence-electron chi connectivity index (χ4n) is 2.75. The summed E-state index contributed by atoms with van der Waals surface area (Å²) in [5.41, 5.74) is 2.45. The van der Waals surface area contributed by atoms with Crippen molar-refractivity contribution in [1.29, 1.82) is 0 Å². The van der Waals surface area contributed by atoms with Gasteiger partial charge in [-0.05, 0) is 56.0 Å². The number of esters is 1. The van der Waals surface area contributed by atoms with Crippen LogP contribution in [0.5, 0.6) is 5.75 Å². The SMILES string of the molecule is CCCCOC(=O)C(NS(=O)(=O)c1ccc(C)cc1)c1cc(C)c(O)c(C)c1. The van der Waals surface area contributed by atoms with Crippen LogP contribution in [0.25, 0.3) is 0 Å². The van der Waals surface area contributed by atoms with Crippen LogP contribution < -0.4 is 4.72 Å². The van der Waals surface area contributed by atoms with Gasteiger partial charge < -0.3 is 9.84 Å². The second kappa shape index (κ2) is 9.21. The molecule has 1 unspecified atom stereocenters. The molecular weight excluding hydrogens is 378 g/mol. The Morgan fingerprint density at radius 2 is 1.68 bits per heavy atom. The molecule has 0 aromatic heterocycles. The minimum atomic E-state index is -3.95. The summed E-state index contributed by atoms with van der Waals surface area (Å²) in [6.07, 6.45) is 1.54. The van der Waals surface area contributed by atoms with E-state index in [0.29, 0.717) is 23.1 Å². The van der Waals surface area contributed by atoms with Crippen molar-refractivity contribution in [2.45, 2.75) is 51.5 Å². The number of benzene rings is 2. The predicted molar refractivity (Wildman–Crippen MR) is 108 cm³/mol. The molecule has 0 saturated carbocycles. The number of hydrogen-bond donors (Lipinski definition) is 2. The lowest BCUT2D eigenvalue weighted by molar-refractivity contribution is -0.146. The van der Waals surface area contributed by atoms with Crippen LogP contribution in [-0.4, -0.2) is 26.1 Å². The van der Waals surface area contributed by atoms with Gasteiger partial charge in [0.15, 0.2) is 0 Å². The van der Waals surface area contributed by atoms with Gasteiger partial charge in [-0.1, -0.05) is 43.2 Å². The summed E-state index contributed by atoms with van der Waals surface area (Å²) in [4.78, 5) is 12.7. The molecule has 0 saturated heterocycles. The monoisotopic (exact) mass is 405 g/mol. The first kappa shape index (κ1) is 21.9. The van der Waals surface area contributed by atoms with E-state index in [-0.39, 0.29) is 17.3 Å². The van der Waals surface area contributed by atoms with Gasteiger partial charge in [-0.3, -0.25) is 0 Å². The Morgan fingerprint density at radius 3 is 2.21 bits per heavy atom. The molecule has 2 rings (SSSR count). The van der Waals surface area contributed by atoms with Crippen molar-refractivity contribution < 1.29 is 23.1 Å². The standard InChI is InChI=1S/C21H27NO5S/c1-5-6-11-27-21(24)19(17-12-15(3)20(23)16(4)13-17)22-28(25,26)18-9-7-14(2)8-10-18/h7-10,12-13,19,22-23H,5-6,11H2,1-4H3. The topological polar surface area (TPSA) is 92.7 Å². The third-order valence-corrected chi connectivity index (χ3v) is 5.87. The summed E-state index contributed by atoms with van der Waals surface area (Å²) < 4.78 is 33.4. The molecular formula is C21H27NO5S.